The van der Waals surface area contributed by atoms with Crippen LogP contribution in [0.5, 0.6) is 0 Å². The predicted octanol–water partition coefficient (Wildman–Crippen LogP) is 2.67. The normalized spacial score (nSPS) is 20.0. The molecule has 5 heteroatoms. The SMILES string of the molecule is CC1CCN(C(=O)CN(Cc2cccnc2)c2ccccc2)C(CN)C1. The van der Waals surface area contributed by atoms with Crippen LogP contribution in [0.15, 0.2) is 54.9 Å². The van der Waals surface area contributed by atoms with Gasteiger partial charge >= 0.3 is 0 Å². The molecule has 1 aromatic carbocycles. The Balaban J connectivity index is 1.75. The molecule has 2 heterocycles. The van der Waals surface area contributed by atoms with Crippen LogP contribution in [0.2, 0.25) is 0 Å². The second kappa shape index (κ2) is 8.81. The average Bonchev–Trinajstić information content (AvgIpc) is 2.68. The average molecular weight is 352 g/mol. The molecule has 1 saturated heterocycles. The van der Waals surface area contributed by atoms with Gasteiger partial charge < -0.3 is 15.5 Å². The summed E-state index contributed by atoms with van der Waals surface area (Å²) in [4.78, 5) is 21.4. The Kier molecular flexibility index (Phi) is 6.23. The molecule has 1 aliphatic heterocycles. The van der Waals surface area contributed by atoms with Crippen molar-refractivity contribution in [3.05, 3.63) is 60.4 Å². The molecular weight excluding hydrogens is 324 g/mol. The first-order valence-electron chi connectivity index (χ1n) is 9.36. The topological polar surface area (TPSA) is 62.5 Å². The van der Waals surface area contributed by atoms with E-state index >= 15 is 0 Å². The van der Waals surface area contributed by atoms with Crippen molar-refractivity contribution in [3.63, 3.8) is 0 Å². The van der Waals surface area contributed by atoms with E-state index in [0.717, 1.165) is 30.6 Å². The smallest absolute Gasteiger partial charge is 0.242 e. The van der Waals surface area contributed by atoms with Crippen molar-refractivity contribution in [1.82, 2.24) is 9.88 Å². The number of rotatable bonds is 6. The summed E-state index contributed by atoms with van der Waals surface area (Å²) in [5, 5.41) is 0. The van der Waals surface area contributed by atoms with E-state index in [1.54, 1.807) is 6.20 Å². The maximum absolute atomic E-state index is 13.1. The molecule has 0 aliphatic carbocycles. The Labute approximate surface area is 155 Å². The van der Waals surface area contributed by atoms with E-state index in [-0.39, 0.29) is 11.9 Å². The molecule has 0 radical (unpaired) electrons. The Morgan fingerprint density at radius 1 is 1.27 bits per heavy atom. The highest BCUT2D eigenvalue weighted by atomic mass is 16.2. The summed E-state index contributed by atoms with van der Waals surface area (Å²) >= 11 is 0. The maximum Gasteiger partial charge on any atom is 0.242 e. The number of aromatic nitrogens is 1. The van der Waals surface area contributed by atoms with E-state index in [1.165, 1.54) is 0 Å². The molecule has 0 bridgehead atoms. The molecule has 26 heavy (non-hydrogen) atoms. The van der Waals surface area contributed by atoms with Crippen molar-refractivity contribution in [2.45, 2.75) is 32.4 Å². The molecule has 5 nitrogen and oxygen atoms in total. The lowest BCUT2D eigenvalue weighted by molar-refractivity contribution is -0.133. The molecule has 2 atom stereocenters. The van der Waals surface area contributed by atoms with Gasteiger partial charge in [0.15, 0.2) is 0 Å². The molecule has 0 saturated carbocycles. The maximum atomic E-state index is 13.1. The third-order valence-electron chi connectivity index (χ3n) is 5.11. The van der Waals surface area contributed by atoms with Crippen LogP contribution in [0.25, 0.3) is 0 Å². The number of para-hydroxylation sites is 1. The molecule has 2 unspecified atom stereocenters. The van der Waals surface area contributed by atoms with Crippen molar-refractivity contribution in [2.75, 3.05) is 24.5 Å². The van der Waals surface area contributed by atoms with Gasteiger partial charge in [0.05, 0.1) is 6.54 Å². The lowest BCUT2D eigenvalue weighted by Crippen LogP contribution is -2.52. The Hall–Kier alpha value is -2.40. The number of pyridine rings is 1. The fourth-order valence-electron chi connectivity index (χ4n) is 3.65. The molecule has 2 N–H and O–H groups in total. The predicted molar refractivity (Wildman–Crippen MR) is 105 cm³/mol. The fraction of sp³-hybridized carbons (Fsp3) is 0.429. The van der Waals surface area contributed by atoms with Crippen LogP contribution in [-0.2, 0) is 11.3 Å². The molecule has 3 rings (SSSR count). The standard InChI is InChI=1S/C21H28N4O/c1-17-9-11-25(20(12-17)13-22)21(26)16-24(19-7-3-2-4-8-19)15-18-6-5-10-23-14-18/h2-8,10,14,17,20H,9,11-13,15-16,22H2,1H3. The number of amides is 1. The number of carbonyl (C=O) groups excluding carboxylic acids is 1. The summed E-state index contributed by atoms with van der Waals surface area (Å²) < 4.78 is 0. The summed E-state index contributed by atoms with van der Waals surface area (Å²) in [5.41, 5.74) is 8.07. The van der Waals surface area contributed by atoms with Crippen LogP contribution in [0.1, 0.15) is 25.3 Å². The van der Waals surface area contributed by atoms with E-state index in [9.17, 15) is 4.79 Å². The second-order valence-corrected chi connectivity index (χ2v) is 7.16. The third-order valence-corrected chi connectivity index (χ3v) is 5.11. The zero-order valence-corrected chi connectivity index (χ0v) is 15.4. The number of likely N-dealkylation sites (tertiary alicyclic amines) is 1. The number of nitrogens with two attached hydrogens (primary N) is 1. The van der Waals surface area contributed by atoms with Gasteiger partial charge in [-0.1, -0.05) is 31.2 Å². The quantitative estimate of drug-likeness (QED) is 0.868. The van der Waals surface area contributed by atoms with Gasteiger partial charge in [-0.15, -0.1) is 0 Å². The van der Waals surface area contributed by atoms with Crippen LogP contribution in [-0.4, -0.2) is 41.5 Å². The molecular formula is C21H28N4O. The summed E-state index contributed by atoms with van der Waals surface area (Å²) in [5.74, 6) is 0.785. The number of benzene rings is 1. The number of nitrogens with zero attached hydrogens (tertiary/aromatic N) is 3. The first-order valence-corrected chi connectivity index (χ1v) is 9.36. The second-order valence-electron chi connectivity index (χ2n) is 7.16. The van der Waals surface area contributed by atoms with Crippen molar-refractivity contribution in [1.29, 1.82) is 0 Å². The fourth-order valence-corrected chi connectivity index (χ4v) is 3.65. The van der Waals surface area contributed by atoms with Gasteiger partial charge in [0.2, 0.25) is 5.91 Å². The van der Waals surface area contributed by atoms with Crippen molar-refractivity contribution < 1.29 is 4.79 Å². The summed E-state index contributed by atoms with van der Waals surface area (Å²) in [6.45, 7) is 4.58. The van der Waals surface area contributed by atoms with Crippen LogP contribution in [0, 0.1) is 5.92 Å². The van der Waals surface area contributed by atoms with Gasteiger partial charge in [-0.25, -0.2) is 0 Å². The van der Waals surface area contributed by atoms with Crippen LogP contribution >= 0.6 is 0 Å². The minimum atomic E-state index is 0.153. The Morgan fingerprint density at radius 3 is 2.77 bits per heavy atom. The summed E-state index contributed by atoms with van der Waals surface area (Å²) in [7, 11) is 0. The number of anilines is 1. The zero-order valence-electron chi connectivity index (χ0n) is 15.4. The minimum absolute atomic E-state index is 0.153. The molecule has 2 aromatic rings. The van der Waals surface area contributed by atoms with Crippen LogP contribution in [0.4, 0.5) is 5.69 Å². The van der Waals surface area contributed by atoms with E-state index in [2.05, 4.69) is 16.8 Å². The molecule has 1 fully saturated rings. The molecule has 1 aromatic heterocycles. The molecule has 0 spiro atoms. The van der Waals surface area contributed by atoms with Crippen LogP contribution in [0.3, 0.4) is 0 Å². The van der Waals surface area contributed by atoms with Gasteiger partial charge in [0, 0.05) is 43.8 Å². The van der Waals surface area contributed by atoms with Gasteiger partial charge in [0.25, 0.3) is 0 Å². The Morgan fingerprint density at radius 2 is 2.08 bits per heavy atom. The summed E-state index contributed by atoms with van der Waals surface area (Å²) in [6, 6.07) is 14.2. The lowest BCUT2D eigenvalue weighted by Gasteiger charge is -2.39. The first kappa shape index (κ1) is 18.4. The van der Waals surface area contributed by atoms with Gasteiger partial charge in [0.1, 0.15) is 0 Å². The Bertz CT molecular complexity index is 692. The third kappa shape index (κ3) is 4.61. The first-order chi connectivity index (χ1) is 12.7. The highest BCUT2D eigenvalue weighted by molar-refractivity contribution is 5.82. The van der Waals surface area contributed by atoms with Crippen molar-refractivity contribution in [2.24, 2.45) is 11.7 Å². The van der Waals surface area contributed by atoms with Gasteiger partial charge in [-0.3, -0.25) is 9.78 Å². The minimum Gasteiger partial charge on any atom is -0.358 e. The van der Waals surface area contributed by atoms with E-state index in [4.69, 9.17) is 5.73 Å². The van der Waals surface area contributed by atoms with E-state index in [0.29, 0.717) is 25.6 Å². The molecule has 1 amide bonds. The van der Waals surface area contributed by atoms with Crippen LogP contribution < -0.4 is 10.6 Å². The van der Waals surface area contributed by atoms with Crippen molar-refractivity contribution >= 4 is 11.6 Å². The van der Waals surface area contributed by atoms with E-state index in [1.807, 2.05) is 53.6 Å². The highest BCUT2D eigenvalue weighted by Gasteiger charge is 2.29. The van der Waals surface area contributed by atoms with Gasteiger partial charge in [-0.05, 0) is 42.5 Å². The number of piperidine rings is 1. The molecule has 1 aliphatic rings. The largest absolute Gasteiger partial charge is 0.358 e. The molecule has 138 valence electrons. The number of hydrogen-bond donors (Lipinski definition) is 1. The highest BCUT2D eigenvalue weighted by Crippen LogP contribution is 2.23. The lowest BCUT2D eigenvalue weighted by atomic mass is 9.92. The summed E-state index contributed by atoms with van der Waals surface area (Å²) in [6.07, 6.45) is 5.67. The zero-order chi connectivity index (χ0) is 18.4. The van der Waals surface area contributed by atoms with Crippen molar-refractivity contribution in [3.8, 4) is 0 Å². The number of carbonyl (C=O) groups is 1. The van der Waals surface area contributed by atoms with E-state index < -0.39 is 0 Å². The monoisotopic (exact) mass is 352 g/mol. The van der Waals surface area contributed by atoms with Gasteiger partial charge in [-0.2, -0.15) is 0 Å². The number of hydrogen-bond acceptors (Lipinski definition) is 4.